The summed E-state index contributed by atoms with van der Waals surface area (Å²) in [5, 5.41) is 12.2. The summed E-state index contributed by atoms with van der Waals surface area (Å²) in [5.41, 5.74) is 2.08. The Labute approximate surface area is 93.2 Å². The molecule has 15 heavy (non-hydrogen) atoms. The highest BCUT2D eigenvalue weighted by atomic mass is 32.1. The van der Waals surface area contributed by atoms with Crippen molar-refractivity contribution in [3.05, 3.63) is 52.0 Å². The van der Waals surface area contributed by atoms with Crippen molar-refractivity contribution < 1.29 is 5.11 Å². The third kappa shape index (κ3) is 2.08. The predicted molar refractivity (Wildman–Crippen MR) is 62.0 cm³/mol. The van der Waals surface area contributed by atoms with Crippen LogP contribution in [0.4, 0.5) is 0 Å². The van der Waals surface area contributed by atoms with Crippen molar-refractivity contribution in [1.29, 1.82) is 0 Å². The molecule has 2 aromatic rings. The van der Waals surface area contributed by atoms with Gasteiger partial charge in [0.05, 0.1) is 0 Å². The van der Waals surface area contributed by atoms with Crippen LogP contribution in [0.1, 0.15) is 29.0 Å². The van der Waals surface area contributed by atoms with Crippen LogP contribution < -0.4 is 0 Å². The van der Waals surface area contributed by atoms with Crippen molar-refractivity contribution >= 4 is 11.3 Å². The quantitative estimate of drug-likeness (QED) is 0.861. The standard InChI is InChI=1S/C12H13NOS/c1-2-9-5-7-15-12(9)11(14)10-4-3-6-13-8-10/h3-8,11,14H,2H2,1H3. The molecule has 1 atom stereocenters. The van der Waals surface area contributed by atoms with Crippen LogP contribution in [0.3, 0.4) is 0 Å². The summed E-state index contributed by atoms with van der Waals surface area (Å²) in [6, 6.07) is 5.81. The van der Waals surface area contributed by atoms with E-state index in [1.54, 1.807) is 23.7 Å². The zero-order valence-corrected chi connectivity index (χ0v) is 9.37. The van der Waals surface area contributed by atoms with Crippen LogP contribution in [0.5, 0.6) is 0 Å². The van der Waals surface area contributed by atoms with E-state index < -0.39 is 6.10 Å². The Hall–Kier alpha value is -1.19. The first-order chi connectivity index (χ1) is 7.33. The van der Waals surface area contributed by atoms with Crippen LogP contribution >= 0.6 is 11.3 Å². The third-order valence-electron chi connectivity index (χ3n) is 2.41. The highest BCUT2D eigenvalue weighted by Crippen LogP contribution is 2.29. The van der Waals surface area contributed by atoms with Gasteiger partial charge in [0, 0.05) is 22.8 Å². The summed E-state index contributed by atoms with van der Waals surface area (Å²) in [4.78, 5) is 5.05. The molecule has 0 fully saturated rings. The zero-order valence-electron chi connectivity index (χ0n) is 8.55. The summed E-state index contributed by atoms with van der Waals surface area (Å²) >= 11 is 1.60. The summed E-state index contributed by atoms with van der Waals surface area (Å²) in [7, 11) is 0. The molecular weight excluding hydrogens is 206 g/mol. The van der Waals surface area contributed by atoms with Crippen molar-refractivity contribution in [1.82, 2.24) is 4.98 Å². The Balaban J connectivity index is 2.32. The van der Waals surface area contributed by atoms with Gasteiger partial charge in [0.1, 0.15) is 6.10 Å². The van der Waals surface area contributed by atoms with Crippen LogP contribution in [-0.4, -0.2) is 10.1 Å². The van der Waals surface area contributed by atoms with Gasteiger partial charge < -0.3 is 5.11 Å². The van der Waals surface area contributed by atoms with Crippen molar-refractivity contribution in [3.8, 4) is 0 Å². The largest absolute Gasteiger partial charge is 0.383 e. The summed E-state index contributed by atoms with van der Waals surface area (Å²) in [6.07, 6.45) is 3.85. The number of thiophene rings is 1. The predicted octanol–water partition coefficient (Wildman–Crippen LogP) is 2.79. The molecule has 2 rings (SSSR count). The number of hydrogen-bond acceptors (Lipinski definition) is 3. The van der Waals surface area contributed by atoms with E-state index in [2.05, 4.69) is 18.0 Å². The number of aliphatic hydroxyl groups is 1. The first-order valence-electron chi connectivity index (χ1n) is 4.97. The van der Waals surface area contributed by atoms with Gasteiger partial charge >= 0.3 is 0 Å². The van der Waals surface area contributed by atoms with Gasteiger partial charge in [0.2, 0.25) is 0 Å². The lowest BCUT2D eigenvalue weighted by Crippen LogP contribution is -2.00. The van der Waals surface area contributed by atoms with Gasteiger partial charge in [-0.15, -0.1) is 11.3 Å². The summed E-state index contributed by atoms with van der Waals surface area (Å²) in [5.74, 6) is 0. The van der Waals surface area contributed by atoms with E-state index in [0.717, 1.165) is 16.9 Å². The molecule has 0 aromatic carbocycles. The Morgan fingerprint density at radius 2 is 2.33 bits per heavy atom. The van der Waals surface area contributed by atoms with Crippen molar-refractivity contribution in [2.45, 2.75) is 19.4 Å². The molecule has 1 unspecified atom stereocenters. The molecular formula is C12H13NOS. The van der Waals surface area contributed by atoms with Crippen molar-refractivity contribution in [2.24, 2.45) is 0 Å². The highest BCUT2D eigenvalue weighted by molar-refractivity contribution is 7.10. The first kappa shape index (κ1) is 10.3. The molecule has 0 spiro atoms. The lowest BCUT2D eigenvalue weighted by molar-refractivity contribution is 0.223. The van der Waals surface area contributed by atoms with Gasteiger partial charge in [-0.3, -0.25) is 4.98 Å². The van der Waals surface area contributed by atoms with Gasteiger partial charge in [-0.1, -0.05) is 13.0 Å². The summed E-state index contributed by atoms with van der Waals surface area (Å²) < 4.78 is 0. The van der Waals surface area contributed by atoms with Gasteiger partial charge in [-0.05, 0) is 29.5 Å². The average Bonchev–Trinajstić information content (AvgIpc) is 2.77. The van der Waals surface area contributed by atoms with E-state index in [1.807, 2.05) is 17.5 Å². The fourth-order valence-electron chi connectivity index (χ4n) is 1.57. The van der Waals surface area contributed by atoms with E-state index in [1.165, 1.54) is 5.56 Å². The Bertz CT molecular complexity index is 424. The maximum absolute atomic E-state index is 10.2. The molecule has 3 heteroatoms. The molecule has 78 valence electrons. The maximum atomic E-state index is 10.2. The van der Waals surface area contributed by atoms with E-state index >= 15 is 0 Å². The smallest absolute Gasteiger partial charge is 0.115 e. The number of aryl methyl sites for hydroxylation is 1. The number of aliphatic hydroxyl groups excluding tert-OH is 1. The molecule has 0 radical (unpaired) electrons. The second kappa shape index (κ2) is 4.55. The number of pyridine rings is 1. The van der Waals surface area contributed by atoms with Crippen LogP contribution in [0.25, 0.3) is 0 Å². The second-order valence-corrected chi connectivity index (χ2v) is 4.30. The molecule has 0 amide bonds. The normalized spacial score (nSPS) is 12.7. The molecule has 2 nitrogen and oxygen atoms in total. The first-order valence-corrected chi connectivity index (χ1v) is 5.85. The lowest BCUT2D eigenvalue weighted by Gasteiger charge is -2.10. The maximum Gasteiger partial charge on any atom is 0.115 e. The SMILES string of the molecule is CCc1ccsc1C(O)c1cccnc1. The fraction of sp³-hybridized carbons (Fsp3) is 0.250. The highest BCUT2D eigenvalue weighted by Gasteiger charge is 2.14. The minimum atomic E-state index is -0.534. The molecule has 0 saturated carbocycles. The van der Waals surface area contributed by atoms with Crippen LogP contribution in [0, 0.1) is 0 Å². The molecule has 0 aliphatic heterocycles. The van der Waals surface area contributed by atoms with Crippen molar-refractivity contribution in [2.75, 3.05) is 0 Å². The summed E-state index contributed by atoms with van der Waals surface area (Å²) in [6.45, 7) is 2.10. The number of rotatable bonds is 3. The van der Waals surface area contributed by atoms with E-state index in [-0.39, 0.29) is 0 Å². The van der Waals surface area contributed by atoms with Gasteiger partial charge in [0.25, 0.3) is 0 Å². The minimum absolute atomic E-state index is 0.534. The minimum Gasteiger partial charge on any atom is -0.383 e. The van der Waals surface area contributed by atoms with Gasteiger partial charge in [0.15, 0.2) is 0 Å². The van der Waals surface area contributed by atoms with Crippen LogP contribution in [-0.2, 0) is 6.42 Å². The van der Waals surface area contributed by atoms with E-state index in [4.69, 9.17) is 0 Å². The molecule has 0 bridgehead atoms. The molecule has 0 aliphatic carbocycles. The van der Waals surface area contributed by atoms with Crippen LogP contribution in [0.2, 0.25) is 0 Å². The van der Waals surface area contributed by atoms with Gasteiger partial charge in [-0.25, -0.2) is 0 Å². The molecule has 2 aromatic heterocycles. The third-order valence-corrected chi connectivity index (χ3v) is 3.42. The Morgan fingerprint density at radius 3 is 3.00 bits per heavy atom. The fourth-order valence-corrected chi connectivity index (χ4v) is 2.58. The Kier molecular flexibility index (Phi) is 3.14. The number of hydrogen-bond donors (Lipinski definition) is 1. The lowest BCUT2D eigenvalue weighted by atomic mass is 10.1. The van der Waals surface area contributed by atoms with Gasteiger partial charge in [-0.2, -0.15) is 0 Å². The average molecular weight is 219 g/mol. The number of nitrogens with zero attached hydrogens (tertiary/aromatic N) is 1. The molecule has 2 heterocycles. The molecule has 0 saturated heterocycles. The van der Waals surface area contributed by atoms with Crippen LogP contribution in [0.15, 0.2) is 36.0 Å². The molecule has 1 N–H and O–H groups in total. The van der Waals surface area contributed by atoms with Crippen molar-refractivity contribution in [3.63, 3.8) is 0 Å². The number of aromatic nitrogens is 1. The monoisotopic (exact) mass is 219 g/mol. The molecule has 0 aliphatic rings. The van der Waals surface area contributed by atoms with E-state index in [0.29, 0.717) is 0 Å². The Morgan fingerprint density at radius 1 is 1.47 bits per heavy atom. The van der Waals surface area contributed by atoms with E-state index in [9.17, 15) is 5.11 Å². The topological polar surface area (TPSA) is 33.1 Å². The second-order valence-electron chi connectivity index (χ2n) is 3.35. The zero-order chi connectivity index (χ0) is 10.7.